The SMILES string of the molecule is CC(OC(=O)C1CCN(C(=O)c2ccco2)CC1)C(=O)NCCC1=CCCCC1. The van der Waals surface area contributed by atoms with Crippen LogP contribution in [0.5, 0.6) is 0 Å². The Hall–Kier alpha value is -2.57. The number of allylic oxidation sites excluding steroid dienone is 1. The van der Waals surface area contributed by atoms with Crippen molar-refractivity contribution in [2.45, 2.75) is 58.0 Å². The summed E-state index contributed by atoms with van der Waals surface area (Å²) in [6.07, 6.45) is 9.53. The van der Waals surface area contributed by atoms with Gasteiger partial charge in [-0.3, -0.25) is 14.4 Å². The summed E-state index contributed by atoms with van der Waals surface area (Å²) in [6.45, 7) is 3.10. The van der Waals surface area contributed by atoms with Gasteiger partial charge in [0, 0.05) is 19.6 Å². The number of ether oxygens (including phenoxy) is 1. The molecule has 0 bridgehead atoms. The minimum absolute atomic E-state index is 0.164. The Morgan fingerprint density at radius 3 is 2.72 bits per heavy atom. The van der Waals surface area contributed by atoms with Crippen LogP contribution in [0.4, 0.5) is 0 Å². The summed E-state index contributed by atoms with van der Waals surface area (Å²) in [7, 11) is 0. The highest BCUT2D eigenvalue weighted by Gasteiger charge is 2.31. The Morgan fingerprint density at radius 1 is 1.28 bits per heavy atom. The molecule has 7 heteroatoms. The highest BCUT2D eigenvalue weighted by molar-refractivity contribution is 5.91. The zero-order valence-electron chi connectivity index (χ0n) is 17.0. The van der Waals surface area contributed by atoms with E-state index in [2.05, 4.69) is 11.4 Å². The predicted molar refractivity (Wildman–Crippen MR) is 107 cm³/mol. The first kappa shape index (κ1) is 21.1. The van der Waals surface area contributed by atoms with Crippen molar-refractivity contribution in [3.63, 3.8) is 0 Å². The highest BCUT2D eigenvalue weighted by Crippen LogP contribution is 2.21. The molecule has 1 aliphatic carbocycles. The number of amides is 2. The maximum atomic E-state index is 12.4. The molecule has 1 N–H and O–H groups in total. The Labute approximate surface area is 171 Å². The van der Waals surface area contributed by atoms with Gasteiger partial charge in [0.15, 0.2) is 11.9 Å². The largest absolute Gasteiger partial charge is 0.459 e. The lowest BCUT2D eigenvalue weighted by atomic mass is 9.96. The van der Waals surface area contributed by atoms with Gasteiger partial charge in [0.1, 0.15) is 0 Å². The van der Waals surface area contributed by atoms with Crippen LogP contribution in [0.2, 0.25) is 0 Å². The van der Waals surface area contributed by atoms with Crippen LogP contribution in [0.15, 0.2) is 34.5 Å². The van der Waals surface area contributed by atoms with Gasteiger partial charge >= 0.3 is 5.97 Å². The van der Waals surface area contributed by atoms with Crippen LogP contribution in [0.25, 0.3) is 0 Å². The molecule has 2 amide bonds. The molecule has 1 fully saturated rings. The molecule has 158 valence electrons. The van der Waals surface area contributed by atoms with Gasteiger partial charge in [-0.05, 0) is 64.0 Å². The van der Waals surface area contributed by atoms with Crippen molar-refractivity contribution in [2.24, 2.45) is 5.92 Å². The second-order valence-corrected chi connectivity index (χ2v) is 7.77. The average Bonchev–Trinajstić information content (AvgIpc) is 3.29. The van der Waals surface area contributed by atoms with Crippen molar-refractivity contribution in [1.29, 1.82) is 0 Å². The second kappa shape index (κ2) is 10.3. The predicted octanol–water partition coefficient (Wildman–Crippen LogP) is 3.07. The fourth-order valence-electron chi connectivity index (χ4n) is 3.82. The molecule has 0 saturated carbocycles. The number of hydrogen-bond acceptors (Lipinski definition) is 5. The Balaban J connectivity index is 1.36. The number of likely N-dealkylation sites (tertiary alicyclic amines) is 1. The van der Waals surface area contributed by atoms with E-state index in [9.17, 15) is 14.4 Å². The van der Waals surface area contributed by atoms with Gasteiger partial charge in [-0.2, -0.15) is 0 Å². The lowest BCUT2D eigenvalue weighted by molar-refractivity contribution is -0.160. The number of nitrogens with one attached hydrogen (secondary N) is 1. The fraction of sp³-hybridized carbons (Fsp3) is 0.591. The number of rotatable bonds is 7. The van der Waals surface area contributed by atoms with E-state index in [4.69, 9.17) is 9.15 Å². The first-order valence-electron chi connectivity index (χ1n) is 10.5. The topological polar surface area (TPSA) is 88.8 Å². The molecule has 1 saturated heterocycles. The summed E-state index contributed by atoms with van der Waals surface area (Å²) in [5.41, 5.74) is 1.40. The summed E-state index contributed by atoms with van der Waals surface area (Å²) in [6, 6.07) is 3.31. The van der Waals surface area contributed by atoms with E-state index >= 15 is 0 Å². The molecule has 1 aromatic heterocycles. The first-order chi connectivity index (χ1) is 14.0. The van der Waals surface area contributed by atoms with E-state index in [1.165, 1.54) is 24.7 Å². The van der Waals surface area contributed by atoms with Gasteiger partial charge in [0.05, 0.1) is 12.2 Å². The van der Waals surface area contributed by atoms with Crippen molar-refractivity contribution < 1.29 is 23.5 Å². The van der Waals surface area contributed by atoms with Gasteiger partial charge in [-0.1, -0.05) is 11.6 Å². The zero-order chi connectivity index (χ0) is 20.6. The zero-order valence-corrected chi connectivity index (χ0v) is 17.0. The standard InChI is InChI=1S/C22H30N2O5/c1-16(20(25)23-12-9-17-6-3-2-4-7-17)29-22(27)18-10-13-24(14-11-18)21(26)19-8-5-15-28-19/h5-6,8,15-16,18H,2-4,7,9-14H2,1H3,(H,23,25). The molecule has 2 aliphatic rings. The fourth-order valence-corrected chi connectivity index (χ4v) is 3.82. The van der Waals surface area contributed by atoms with Gasteiger partial charge in [0.2, 0.25) is 0 Å². The maximum Gasteiger partial charge on any atom is 0.309 e. The van der Waals surface area contributed by atoms with E-state index < -0.39 is 6.10 Å². The molecule has 0 radical (unpaired) electrons. The minimum atomic E-state index is -0.814. The van der Waals surface area contributed by atoms with Crippen LogP contribution in [-0.2, 0) is 14.3 Å². The van der Waals surface area contributed by atoms with Crippen molar-refractivity contribution in [3.05, 3.63) is 35.8 Å². The van der Waals surface area contributed by atoms with Gasteiger partial charge in [-0.25, -0.2) is 0 Å². The van der Waals surface area contributed by atoms with E-state index in [-0.39, 0.29) is 23.7 Å². The molecule has 1 unspecified atom stereocenters. The normalized spacial score (nSPS) is 18.7. The van der Waals surface area contributed by atoms with E-state index in [0.29, 0.717) is 38.2 Å². The number of nitrogens with zero attached hydrogens (tertiary/aromatic N) is 1. The van der Waals surface area contributed by atoms with Crippen molar-refractivity contribution in [3.8, 4) is 0 Å². The van der Waals surface area contributed by atoms with Crippen LogP contribution in [0.3, 0.4) is 0 Å². The third-order valence-electron chi connectivity index (χ3n) is 5.64. The Morgan fingerprint density at radius 2 is 2.07 bits per heavy atom. The van der Waals surface area contributed by atoms with E-state index in [1.807, 2.05) is 0 Å². The third kappa shape index (κ3) is 5.95. The van der Waals surface area contributed by atoms with E-state index in [1.54, 1.807) is 24.0 Å². The summed E-state index contributed by atoms with van der Waals surface area (Å²) in [5.74, 6) is -0.783. The molecule has 29 heavy (non-hydrogen) atoms. The van der Waals surface area contributed by atoms with E-state index in [0.717, 1.165) is 19.3 Å². The summed E-state index contributed by atoms with van der Waals surface area (Å²) in [4.78, 5) is 38.6. The van der Waals surface area contributed by atoms with Crippen molar-refractivity contribution in [2.75, 3.05) is 19.6 Å². The molecule has 3 rings (SSSR count). The molecular weight excluding hydrogens is 372 g/mol. The molecule has 2 heterocycles. The third-order valence-corrected chi connectivity index (χ3v) is 5.64. The minimum Gasteiger partial charge on any atom is -0.459 e. The molecule has 1 aliphatic heterocycles. The molecule has 1 aromatic rings. The van der Waals surface area contributed by atoms with Crippen LogP contribution < -0.4 is 5.32 Å². The second-order valence-electron chi connectivity index (χ2n) is 7.77. The molecule has 0 aromatic carbocycles. The quantitative estimate of drug-likeness (QED) is 0.559. The van der Waals surface area contributed by atoms with Crippen LogP contribution in [0.1, 0.15) is 62.4 Å². The van der Waals surface area contributed by atoms with Crippen LogP contribution in [0, 0.1) is 5.92 Å². The lowest BCUT2D eigenvalue weighted by Crippen LogP contribution is -2.42. The number of piperidine rings is 1. The van der Waals surface area contributed by atoms with Crippen LogP contribution in [-0.4, -0.2) is 48.4 Å². The number of esters is 1. The number of furan rings is 1. The maximum absolute atomic E-state index is 12.4. The molecule has 0 spiro atoms. The summed E-state index contributed by atoms with van der Waals surface area (Å²) >= 11 is 0. The average molecular weight is 402 g/mol. The Bertz CT molecular complexity index is 732. The molecule has 1 atom stereocenters. The lowest BCUT2D eigenvalue weighted by Gasteiger charge is -2.30. The Kier molecular flexibility index (Phi) is 7.49. The van der Waals surface area contributed by atoms with Gasteiger partial charge in [-0.15, -0.1) is 0 Å². The summed E-state index contributed by atoms with van der Waals surface area (Å²) in [5, 5.41) is 2.86. The monoisotopic (exact) mass is 402 g/mol. The molecule has 7 nitrogen and oxygen atoms in total. The smallest absolute Gasteiger partial charge is 0.309 e. The molecular formula is C22H30N2O5. The van der Waals surface area contributed by atoms with Crippen LogP contribution >= 0.6 is 0 Å². The highest BCUT2D eigenvalue weighted by atomic mass is 16.5. The first-order valence-corrected chi connectivity index (χ1v) is 10.5. The van der Waals surface area contributed by atoms with Gasteiger partial charge in [0.25, 0.3) is 11.8 Å². The van der Waals surface area contributed by atoms with Crippen molar-refractivity contribution >= 4 is 17.8 Å². The van der Waals surface area contributed by atoms with Gasteiger partial charge < -0.3 is 19.4 Å². The van der Waals surface area contributed by atoms with Crippen molar-refractivity contribution in [1.82, 2.24) is 10.2 Å². The number of hydrogen-bond donors (Lipinski definition) is 1. The summed E-state index contributed by atoms with van der Waals surface area (Å²) < 4.78 is 10.5. The number of carbonyl (C=O) groups excluding carboxylic acids is 3. The number of carbonyl (C=O) groups is 3.